The number of carbonyl (C=O) groups excluding carboxylic acids is 2. The first kappa shape index (κ1) is 53.5. The van der Waals surface area contributed by atoms with Gasteiger partial charge in [-0.3, -0.25) is 18.6 Å². The molecule has 1 aliphatic heterocycles. The molecule has 0 aromatic carbocycles. The first-order chi connectivity index (χ1) is 27.5. The first-order valence-corrected chi connectivity index (χ1v) is 24.7. The number of hydrogen-bond donors (Lipinski definition) is 1. The number of phosphoric ester groups is 1. The third kappa shape index (κ3) is 36.1. The highest BCUT2D eigenvalue weighted by atomic mass is 31.2. The number of epoxide rings is 1. The minimum atomic E-state index is -4.38. The molecule has 334 valence electrons. The lowest BCUT2D eigenvalue weighted by atomic mass is 10.1. The van der Waals surface area contributed by atoms with Crippen LogP contribution in [-0.4, -0.2) is 87.1 Å². The average Bonchev–Trinajstić information content (AvgIpc) is 3.92. The molecule has 0 aromatic rings. The number of hydrogen-bond acceptors (Lipinski definition) is 8. The topological polar surface area (TPSA) is 121 Å². The molecule has 11 heteroatoms. The third-order valence-electron chi connectivity index (χ3n) is 10.4. The van der Waals surface area contributed by atoms with Crippen molar-refractivity contribution in [2.45, 2.75) is 212 Å². The van der Waals surface area contributed by atoms with E-state index in [0.29, 0.717) is 36.1 Å². The molecule has 1 heterocycles. The van der Waals surface area contributed by atoms with E-state index in [4.69, 9.17) is 23.3 Å². The molecule has 0 radical (unpaired) electrons. The number of nitrogens with zero attached hydrogens (tertiary/aromatic N) is 1. The van der Waals surface area contributed by atoms with E-state index in [9.17, 15) is 19.0 Å². The Kier molecular flexibility index (Phi) is 33.0. The molecule has 1 aliphatic rings. The molecular weight excluding hydrogens is 741 g/mol. The molecule has 0 spiro atoms. The molecule has 1 rings (SSSR count). The fourth-order valence-electron chi connectivity index (χ4n) is 6.60. The lowest BCUT2D eigenvalue weighted by molar-refractivity contribution is -0.870. The van der Waals surface area contributed by atoms with E-state index in [0.717, 1.165) is 64.2 Å². The number of ether oxygens (including phenoxy) is 3. The molecule has 1 fully saturated rings. The van der Waals surface area contributed by atoms with Crippen molar-refractivity contribution in [1.29, 1.82) is 0 Å². The number of rotatable bonds is 41. The Morgan fingerprint density at radius 3 is 1.72 bits per heavy atom. The molecule has 10 nitrogen and oxygen atoms in total. The molecule has 1 N–H and O–H groups in total. The zero-order valence-corrected chi connectivity index (χ0v) is 38.2. The largest absolute Gasteiger partial charge is 0.472 e. The fraction of sp³-hybridized carbons (Fsp3) is 0.870. The Hall–Kier alpha value is -1.55. The maximum absolute atomic E-state index is 12.7. The van der Waals surface area contributed by atoms with E-state index in [1.54, 1.807) is 0 Å². The molecule has 0 bridgehead atoms. The number of unbranched alkanes of at least 4 members (excludes halogenated alkanes) is 20. The number of likely N-dealkylation sites (N-methyl/N-ethyl adjacent to an activating group) is 1. The first-order valence-electron chi connectivity index (χ1n) is 23.2. The molecule has 4 atom stereocenters. The van der Waals surface area contributed by atoms with Gasteiger partial charge in [-0.15, -0.1) is 0 Å². The van der Waals surface area contributed by atoms with Crippen molar-refractivity contribution in [2.75, 3.05) is 47.5 Å². The number of carbonyl (C=O) groups is 2. The highest BCUT2D eigenvalue weighted by Crippen LogP contribution is 2.43. The van der Waals surface area contributed by atoms with E-state index in [-0.39, 0.29) is 32.0 Å². The van der Waals surface area contributed by atoms with Gasteiger partial charge in [0.15, 0.2) is 6.10 Å². The predicted octanol–water partition coefficient (Wildman–Crippen LogP) is 12.1. The van der Waals surface area contributed by atoms with E-state index in [2.05, 4.69) is 38.2 Å². The molecule has 0 saturated carbocycles. The zero-order chi connectivity index (χ0) is 41.9. The van der Waals surface area contributed by atoms with E-state index >= 15 is 0 Å². The van der Waals surface area contributed by atoms with Gasteiger partial charge in [-0.05, 0) is 64.2 Å². The normalized spacial score (nSPS) is 17.3. The lowest BCUT2D eigenvalue weighted by Gasteiger charge is -2.24. The van der Waals surface area contributed by atoms with Crippen molar-refractivity contribution in [2.24, 2.45) is 0 Å². The number of quaternary nitrogens is 1. The molecule has 57 heavy (non-hydrogen) atoms. The SMILES string of the molecule is CCCCC/C=C\CC1OC1CCCCCCCC(=O)OC[C@H](COP(=O)(O)OCC[N+](C)(C)C)OC(=O)CCCCCCCCC/C=C\CCCCCCCC. The van der Waals surface area contributed by atoms with Crippen molar-refractivity contribution >= 4 is 19.8 Å². The standard InChI is InChI=1S/C46H86NO9P/c1-6-8-10-12-14-15-16-17-18-19-20-21-22-23-24-28-33-37-46(49)55-42(41-54-57(50,51)53-39-38-47(3,4)5)40-52-45(48)36-32-29-25-27-31-35-44-43(56-44)34-30-26-13-11-9-7-2/h17-18,26,30,42-44H,6-16,19-25,27-29,31-41H2,1-5H3/p+1/b18-17-,30-26-/t42-,43?,44?/m1/s1. The summed E-state index contributed by atoms with van der Waals surface area (Å²) in [4.78, 5) is 35.5. The van der Waals surface area contributed by atoms with Crippen molar-refractivity contribution in [1.82, 2.24) is 0 Å². The van der Waals surface area contributed by atoms with Gasteiger partial charge in [0.2, 0.25) is 0 Å². The van der Waals surface area contributed by atoms with Crippen LogP contribution in [0.4, 0.5) is 0 Å². The summed E-state index contributed by atoms with van der Waals surface area (Å²) in [5, 5.41) is 0. The van der Waals surface area contributed by atoms with Crippen LogP contribution in [0.1, 0.15) is 194 Å². The van der Waals surface area contributed by atoms with E-state index in [1.807, 2.05) is 21.1 Å². The second kappa shape index (κ2) is 35.2. The van der Waals surface area contributed by atoms with Crippen molar-refractivity contribution in [3.8, 4) is 0 Å². The highest BCUT2D eigenvalue weighted by molar-refractivity contribution is 7.47. The molecule has 0 amide bonds. The predicted molar refractivity (Wildman–Crippen MR) is 233 cm³/mol. The second-order valence-electron chi connectivity index (χ2n) is 17.2. The van der Waals surface area contributed by atoms with Crippen LogP contribution < -0.4 is 0 Å². The van der Waals surface area contributed by atoms with Crippen LogP contribution in [0.5, 0.6) is 0 Å². The van der Waals surface area contributed by atoms with Gasteiger partial charge in [0.1, 0.15) is 19.8 Å². The quantitative estimate of drug-likeness (QED) is 0.0160. The Morgan fingerprint density at radius 1 is 0.632 bits per heavy atom. The summed E-state index contributed by atoms with van der Waals surface area (Å²) in [6, 6.07) is 0. The van der Waals surface area contributed by atoms with Crippen LogP contribution in [0.3, 0.4) is 0 Å². The lowest BCUT2D eigenvalue weighted by Crippen LogP contribution is -2.37. The second-order valence-corrected chi connectivity index (χ2v) is 18.6. The Morgan fingerprint density at radius 2 is 1.12 bits per heavy atom. The molecule has 0 aromatic heterocycles. The molecular formula is C46H87NO9P+. The Bertz CT molecular complexity index is 1090. The summed E-state index contributed by atoms with van der Waals surface area (Å²) in [6.07, 6.45) is 39.5. The Balaban J connectivity index is 2.27. The van der Waals surface area contributed by atoms with Gasteiger partial charge in [0.05, 0.1) is 40.0 Å². The fourth-order valence-corrected chi connectivity index (χ4v) is 7.34. The maximum Gasteiger partial charge on any atom is 0.472 e. The van der Waals surface area contributed by atoms with Crippen LogP contribution in [0, 0.1) is 0 Å². The van der Waals surface area contributed by atoms with Gasteiger partial charge >= 0.3 is 19.8 Å². The van der Waals surface area contributed by atoms with Gasteiger partial charge < -0.3 is 23.6 Å². The van der Waals surface area contributed by atoms with Crippen LogP contribution in [0.2, 0.25) is 0 Å². The summed E-state index contributed by atoms with van der Waals surface area (Å²) in [5.41, 5.74) is 0. The minimum absolute atomic E-state index is 0.0266. The molecule has 3 unspecified atom stereocenters. The summed E-state index contributed by atoms with van der Waals surface area (Å²) < 4.78 is 40.2. The van der Waals surface area contributed by atoms with E-state index in [1.165, 1.54) is 89.9 Å². The summed E-state index contributed by atoms with van der Waals surface area (Å²) in [5.74, 6) is -0.823. The summed E-state index contributed by atoms with van der Waals surface area (Å²) >= 11 is 0. The molecule has 0 aliphatic carbocycles. The van der Waals surface area contributed by atoms with Gasteiger partial charge in [-0.25, -0.2) is 4.57 Å². The summed E-state index contributed by atoms with van der Waals surface area (Å²) in [7, 11) is 1.46. The van der Waals surface area contributed by atoms with Crippen molar-refractivity contribution in [3.05, 3.63) is 24.3 Å². The average molecular weight is 829 g/mol. The van der Waals surface area contributed by atoms with Crippen LogP contribution in [-0.2, 0) is 37.4 Å². The van der Waals surface area contributed by atoms with E-state index < -0.39 is 26.5 Å². The number of allylic oxidation sites excluding steroid dienone is 3. The van der Waals surface area contributed by atoms with Gasteiger partial charge in [0, 0.05) is 12.8 Å². The zero-order valence-electron chi connectivity index (χ0n) is 37.3. The minimum Gasteiger partial charge on any atom is -0.462 e. The summed E-state index contributed by atoms with van der Waals surface area (Å²) in [6.45, 7) is 4.37. The van der Waals surface area contributed by atoms with Crippen molar-refractivity contribution in [3.63, 3.8) is 0 Å². The van der Waals surface area contributed by atoms with Gasteiger partial charge in [-0.2, -0.15) is 0 Å². The highest BCUT2D eigenvalue weighted by Gasteiger charge is 2.36. The Labute approximate surface area is 349 Å². The number of esters is 2. The maximum atomic E-state index is 12.7. The van der Waals surface area contributed by atoms with Crippen LogP contribution in [0.15, 0.2) is 24.3 Å². The van der Waals surface area contributed by atoms with Gasteiger partial charge in [-0.1, -0.05) is 141 Å². The van der Waals surface area contributed by atoms with Crippen LogP contribution >= 0.6 is 7.82 Å². The number of phosphoric acid groups is 1. The smallest absolute Gasteiger partial charge is 0.462 e. The molecule has 1 saturated heterocycles. The van der Waals surface area contributed by atoms with Gasteiger partial charge in [0.25, 0.3) is 0 Å². The van der Waals surface area contributed by atoms with Crippen LogP contribution in [0.25, 0.3) is 0 Å². The van der Waals surface area contributed by atoms with Crippen molar-refractivity contribution < 1.29 is 46.8 Å². The third-order valence-corrected chi connectivity index (χ3v) is 11.4. The monoisotopic (exact) mass is 829 g/mol.